The Labute approximate surface area is 185 Å². The van der Waals surface area contributed by atoms with E-state index in [0.29, 0.717) is 27.6 Å². The molecule has 1 amide bonds. The fourth-order valence-corrected chi connectivity index (χ4v) is 4.26. The molecule has 0 aliphatic rings. The molecule has 158 valence electrons. The molecule has 0 bridgehead atoms. The molecular weight excluding hydrogens is 418 g/mol. The molecule has 7 heteroatoms. The molecule has 2 atom stereocenters. The summed E-state index contributed by atoms with van der Waals surface area (Å²) in [6.45, 7) is 8.39. The van der Waals surface area contributed by atoms with Crippen molar-refractivity contribution in [1.29, 1.82) is 0 Å². The molecule has 0 aliphatic carbocycles. The molecule has 0 unspecified atom stereocenters. The smallest absolute Gasteiger partial charge is 0.262 e. The molecular formula is C23H26ClN3O2S. The monoisotopic (exact) mass is 443 g/mol. The van der Waals surface area contributed by atoms with Crippen LogP contribution in [0.4, 0.5) is 0 Å². The maximum Gasteiger partial charge on any atom is 0.262 e. The first-order valence-corrected chi connectivity index (χ1v) is 11.2. The summed E-state index contributed by atoms with van der Waals surface area (Å²) in [4.78, 5) is 30.6. The highest BCUT2D eigenvalue weighted by Crippen LogP contribution is 2.25. The number of nitrogens with one attached hydrogen (secondary N) is 1. The Morgan fingerprint density at radius 3 is 2.50 bits per heavy atom. The number of aromatic nitrogens is 2. The van der Waals surface area contributed by atoms with E-state index in [0.717, 1.165) is 5.56 Å². The van der Waals surface area contributed by atoms with Crippen molar-refractivity contribution in [2.45, 2.75) is 50.7 Å². The Morgan fingerprint density at radius 2 is 1.83 bits per heavy atom. The molecule has 0 spiro atoms. The maximum absolute atomic E-state index is 13.1. The number of hydrogen-bond acceptors (Lipinski definition) is 4. The molecule has 0 fully saturated rings. The van der Waals surface area contributed by atoms with Gasteiger partial charge in [-0.15, -0.1) is 0 Å². The fraction of sp³-hybridized carbons (Fsp3) is 0.348. The molecule has 3 aromatic rings. The van der Waals surface area contributed by atoms with Crippen LogP contribution in [0.2, 0.25) is 5.02 Å². The van der Waals surface area contributed by atoms with Crippen molar-refractivity contribution in [1.82, 2.24) is 14.9 Å². The molecule has 0 saturated carbocycles. The number of nitrogens with zero attached hydrogens (tertiary/aromatic N) is 2. The number of rotatable bonds is 7. The van der Waals surface area contributed by atoms with Crippen molar-refractivity contribution in [2.75, 3.05) is 0 Å². The van der Waals surface area contributed by atoms with Crippen LogP contribution in [0.15, 0.2) is 58.5 Å². The summed E-state index contributed by atoms with van der Waals surface area (Å²) in [5.41, 5.74) is 1.49. The molecule has 0 radical (unpaired) electrons. The zero-order chi connectivity index (χ0) is 21.8. The predicted molar refractivity (Wildman–Crippen MR) is 124 cm³/mol. The van der Waals surface area contributed by atoms with E-state index in [1.165, 1.54) is 11.8 Å². The third kappa shape index (κ3) is 5.24. The lowest BCUT2D eigenvalue weighted by molar-refractivity contribution is -0.120. The third-order valence-corrected chi connectivity index (χ3v) is 6.06. The largest absolute Gasteiger partial charge is 0.349 e. The lowest BCUT2D eigenvalue weighted by Gasteiger charge is -2.20. The lowest BCUT2D eigenvalue weighted by Crippen LogP contribution is -2.34. The van der Waals surface area contributed by atoms with Gasteiger partial charge in [-0.1, -0.05) is 67.5 Å². The van der Waals surface area contributed by atoms with Gasteiger partial charge in [0.1, 0.15) is 0 Å². The summed E-state index contributed by atoms with van der Waals surface area (Å²) < 4.78 is 1.65. The number of carbonyl (C=O) groups is 1. The van der Waals surface area contributed by atoms with E-state index in [2.05, 4.69) is 10.3 Å². The van der Waals surface area contributed by atoms with E-state index in [1.54, 1.807) is 22.8 Å². The number of halogens is 1. The van der Waals surface area contributed by atoms with Crippen LogP contribution in [0.3, 0.4) is 0 Å². The average Bonchev–Trinajstić information content (AvgIpc) is 2.71. The first kappa shape index (κ1) is 22.4. The molecule has 1 N–H and O–H groups in total. The quantitative estimate of drug-likeness (QED) is 0.409. The number of carbonyl (C=O) groups excluding carboxylic acids is 1. The molecule has 0 aliphatic heterocycles. The third-order valence-electron chi connectivity index (χ3n) is 4.74. The Balaban J connectivity index is 1.87. The van der Waals surface area contributed by atoms with Gasteiger partial charge in [0.05, 0.1) is 22.2 Å². The van der Waals surface area contributed by atoms with E-state index in [4.69, 9.17) is 11.6 Å². The molecule has 1 aromatic heterocycles. The number of amides is 1. The van der Waals surface area contributed by atoms with Crippen LogP contribution < -0.4 is 10.9 Å². The lowest BCUT2D eigenvalue weighted by atomic mass is 10.1. The van der Waals surface area contributed by atoms with Crippen LogP contribution >= 0.6 is 23.4 Å². The molecule has 30 heavy (non-hydrogen) atoms. The summed E-state index contributed by atoms with van der Waals surface area (Å²) in [5.74, 6) is 0.153. The van der Waals surface area contributed by atoms with Crippen molar-refractivity contribution in [2.24, 2.45) is 5.92 Å². The minimum Gasteiger partial charge on any atom is -0.349 e. The van der Waals surface area contributed by atoms with Crippen LogP contribution in [0.25, 0.3) is 10.9 Å². The molecule has 2 aromatic carbocycles. The van der Waals surface area contributed by atoms with Crippen LogP contribution in [0, 0.1) is 5.92 Å². The molecule has 1 heterocycles. The van der Waals surface area contributed by atoms with E-state index in [1.807, 2.05) is 58.0 Å². The minimum absolute atomic E-state index is 0.0992. The Hall–Kier alpha value is -2.31. The second-order valence-electron chi connectivity index (χ2n) is 7.77. The second-order valence-corrected chi connectivity index (χ2v) is 9.51. The molecule has 0 saturated heterocycles. The van der Waals surface area contributed by atoms with Gasteiger partial charge >= 0.3 is 0 Å². The Morgan fingerprint density at radius 1 is 1.13 bits per heavy atom. The highest BCUT2D eigenvalue weighted by atomic mass is 35.5. The normalized spacial score (nSPS) is 13.4. The van der Waals surface area contributed by atoms with Gasteiger partial charge in [0.25, 0.3) is 5.56 Å². The minimum atomic E-state index is -0.411. The number of benzene rings is 2. The fourth-order valence-electron chi connectivity index (χ4n) is 3.16. The van der Waals surface area contributed by atoms with Crippen molar-refractivity contribution in [3.05, 3.63) is 69.5 Å². The summed E-state index contributed by atoms with van der Waals surface area (Å²) in [5, 5.41) is 4.16. The van der Waals surface area contributed by atoms with Crippen molar-refractivity contribution < 1.29 is 4.79 Å². The van der Waals surface area contributed by atoms with E-state index in [9.17, 15) is 9.59 Å². The predicted octanol–water partition coefficient (Wildman–Crippen LogP) is 5.06. The highest BCUT2D eigenvalue weighted by molar-refractivity contribution is 8.00. The zero-order valence-electron chi connectivity index (χ0n) is 17.6. The maximum atomic E-state index is 13.1. The van der Waals surface area contributed by atoms with Crippen molar-refractivity contribution in [3.8, 4) is 0 Å². The first-order valence-electron chi connectivity index (χ1n) is 9.98. The summed E-state index contributed by atoms with van der Waals surface area (Å²) in [6.07, 6.45) is 0. The van der Waals surface area contributed by atoms with Gasteiger partial charge in [-0.3, -0.25) is 14.2 Å². The van der Waals surface area contributed by atoms with E-state index < -0.39 is 5.25 Å². The highest BCUT2D eigenvalue weighted by Gasteiger charge is 2.21. The van der Waals surface area contributed by atoms with Gasteiger partial charge in [0, 0.05) is 11.6 Å². The van der Waals surface area contributed by atoms with E-state index >= 15 is 0 Å². The van der Waals surface area contributed by atoms with Gasteiger partial charge < -0.3 is 5.32 Å². The topological polar surface area (TPSA) is 64.0 Å². The van der Waals surface area contributed by atoms with Gasteiger partial charge in [-0.2, -0.15) is 0 Å². The van der Waals surface area contributed by atoms with Crippen molar-refractivity contribution >= 4 is 40.2 Å². The van der Waals surface area contributed by atoms with Crippen molar-refractivity contribution in [3.63, 3.8) is 0 Å². The van der Waals surface area contributed by atoms with Crippen LogP contribution in [0.1, 0.15) is 39.3 Å². The first-order chi connectivity index (χ1) is 14.3. The Kier molecular flexibility index (Phi) is 7.21. The zero-order valence-corrected chi connectivity index (χ0v) is 19.1. The van der Waals surface area contributed by atoms with Crippen LogP contribution in [-0.2, 0) is 11.3 Å². The van der Waals surface area contributed by atoms with Gasteiger partial charge in [-0.25, -0.2) is 4.98 Å². The van der Waals surface area contributed by atoms with Crippen LogP contribution in [-0.4, -0.2) is 20.7 Å². The SMILES string of the molecule is CC(C)Cn1c(S[C@@H](C)C(=O)N[C@H](C)c2ccccc2)nc2ccc(Cl)cc2c1=O. The summed E-state index contributed by atoms with van der Waals surface area (Å²) in [6, 6.07) is 14.8. The Bertz CT molecular complexity index is 1100. The van der Waals surface area contributed by atoms with E-state index in [-0.39, 0.29) is 23.4 Å². The van der Waals surface area contributed by atoms with Gasteiger partial charge in [0.2, 0.25) is 5.91 Å². The standard InChI is InChI=1S/C23H26ClN3O2S/c1-14(2)13-27-22(29)19-12-18(24)10-11-20(19)26-23(27)30-16(4)21(28)25-15(3)17-8-6-5-7-9-17/h5-12,14-16H,13H2,1-4H3,(H,25,28)/t15-,16+/m1/s1. The number of thioether (sulfide) groups is 1. The second kappa shape index (κ2) is 9.67. The summed E-state index contributed by atoms with van der Waals surface area (Å²) in [7, 11) is 0. The summed E-state index contributed by atoms with van der Waals surface area (Å²) >= 11 is 7.38. The number of hydrogen-bond donors (Lipinski definition) is 1. The number of fused-ring (bicyclic) bond motifs is 1. The average molecular weight is 444 g/mol. The molecule has 5 nitrogen and oxygen atoms in total. The van der Waals surface area contributed by atoms with Gasteiger partial charge in [-0.05, 0) is 43.5 Å². The van der Waals surface area contributed by atoms with Gasteiger partial charge in [0.15, 0.2) is 5.16 Å². The molecule has 3 rings (SSSR count). The van der Waals surface area contributed by atoms with Crippen LogP contribution in [0.5, 0.6) is 0 Å².